The van der Waals surface area contributed by atoms with Crippen LogP contribution in [0, 0.1) is 11.8 Å². The van der Waals surface area contributed by atoms with Crippen molar-refractivity contribution < 1.29 is 14.7 Å². The van der Waals surface area contributed by atoms with Gasteiger partial charge >= 0.3 is 5.97 Å². The molecular weight excluding hydrogens is 266 g/mol. The molecular formula is C17H21NO3. The SMILES string of the molecule is O=C(O)c1ccc(CC2CCN(C(=O)C3CC3)CC2)cc1. The second kappa shape index (κ2) is 5.88. The van der Waals surface area contributed by atoms with Crippen LogP contribution in [0.5, 0.6) is 0 Å². The van der Waals surface area contributed by atoms with Crippen molar-refractivity contribution in [1.29, 1.82) is 0 Å². The lowest BCUT2D eigenvalue weighted by Crippen LogP contribution is -2.39. The lowest BCUT2D eigenvalue weighted by atomic mass is 9.90. The lowest BCUT2D eigenvalue weighted by Gasteiger charge is -2.32. The van der Waals surface area contributed by atoms with Crippen LogP contribution in [0.2, 0.25) is 0 Å². The number of carboxylic acids is 1. The molecule has 0 atom stereocenters. The van der Waals surface area contributed by atoms with Gasteiger partial charge < -0.3 is 10.0 Å². The third-order valence-corrected chi connectivity index (χ3v) is 4.58. The van der Waals surface area contributed by atoms with Crippen molar-refractivity contribution in [3.63, 3.8) is 0 Å². The summed E-state index contributed by atoms with van der Waals surface area (Å²) in [7, 11) is 0. The van der Waals surface area contributed by atoms with Crippen molar-refractivity contribution in [3.8, 4) is 0 Å². The molecule has 1 aromatic carbocycles. The maximum absolute atomic E-state index is 12.0. The molecule has 0 unspecified atom stereocenters. The standard InChI is InChI=1S/C17H21NO3/c19-16(14-5-6-14)18-9-7-13(8-10-18)11-12-1-3-15(4-2-12)17(20)21/h1-4,13-14H,5-11H2,(H,20,21). The fraction of sp³-hybridized carbons (Fsp3) is 0.529. The van der Waals surface area contributed by atoms with Crippen molar-refractivity contribution >= 4 is 11.9 Å². The van der Waals surface area contributed by atoms with E-state index in [1.165, 1.54) is 5.56 Å². The number of carbonyl (C=O) groups is 2. The summed E-state index contributed by atoms with van der Waals surface area (Å²) in [6, 6.07) is 7.16. The number of carboxylic acid groups (broad SMARTS) is 1. The molecule has 4 nitrogen and oxygen atoms in total. The predicted octanol–water partition coefficient (Wildman–Crippen LogP) is 2.58. The molecule has 1 amide bonds. The number of benzene rings is 1. The van der Waals surface area contributed by atoms with E-state index in [0.717, 1.165) is 45.2 Å². The largest absolute Gasteiger partial charge is 0.478 e. The van der Waals surface area contributed by atoms with Crippen LogP contribution in [0.4, 0.5) is 0 Å². The molecule has 0 spiro atoms. The molecule has 0 radical (unpaired) electrons. The highest BCUT2D eigenvalue weighted by Crippen LogP contribution is 2.32. The number of carbonyl (C=O) groups excluding carboxylic acids is 1. The van der Waals surface area contributed by atoms with Gasteiger partial charge in [0.15, 0.2) is 0 Å². The van der Waals surface area contributed by atoms with Gasteiger partial charge in [-0.1, -0.05) is 12.1 Å². The summed E-state index contributed by atoms with van der Waals surface area (Å²) < 4.78 is 0. The monoisotopic (exact) mass is 287 g/mol. The Morgan fingerprint density at radius 2 is 1.67 bits per heavy atom. The van der Waals surface area contributed by atoms with E-state index in [1.54, 1.807) is 12.1 Å². The van der Waals surface area contributed by atoms with E-state index in [-0.39, 0.29) is 0 Å². The van der Waals surface area contributed by atoms with Gasteiger partial charge in [-0.15, -0.1) is 0 Å². The highest BCUT2D eigenvalue weighted by molar-refractivity contribution is 5.87. The second-order valence-corrected chi connectivity index (χ2v) is 6.25. The molecule has 1 heterocycles. The number of amides is 1. The van der Waals surface area contributed by atoms with Crippen LogP contribution >= 0.6 is 0 Å². The number of piperidine rings is 1. The van der Waals surface area contributed by atoms with Crippen molar-refractivity contribution in [2.24, 2.45) is 11.8 Å². The Morgan fingerprint density at radius 1 is 1.05 bits per heavy atom. The van der Waals surface area contributed by atoms with Gasteiger partial charge in [-0.2, -0.15) is 0 Å². The first-order valence-electron chi connectivity index (χ1n) is 7.74. The van der Waals surface area contributed by atoms with Crippen molar-refractivity contribution in [2.45, 2.75) is 32.1 Å². The number of hydrogen-bond acceptors (Lipinski definition) is 2. The second-order valence-electron chi connectivity index (χ2n) is 6.25. The normalized spacial score (nSPS) is 19.5. The van der Waals surface area contributed by atoms with Gasteiger partial charge in [0.2, 0.25) is 5.91 Å². The van der Waals surface area contributed by atoms with E-state index >= 15 is 0 Å². The van der Waals surface area contributed by atoms with Crippen LogP contribution in [0.15, 0.2) is 24.3 Å². The predicted molar refractivity (Wildman–Crippen MR) is 79.1 cm³/mol. The maximum Gasteiger partial charge on any atom is 0.335 e. The summed E-state index contributed by atoms with van der Waals surface area (Å²) in [6.07, 6.45) is 5.24. The first-order chi connectivity index (χ1) is 10.1. The average Bonchev–Trinajstić information content (AvgIpc) is 3.32. The van der Waals surface area contributed by atoms with Gasteiger partial charge in [-0.3, -0.25) is 4.79 Å². The minimum Gasteiger partial charge on any atom is -0.478 e. The van der Waals surface area contributed by atoms with E-state index < -0.39 is 5.97 Å². The number of aromatic carboxylic acids is 1. The number of likely N-dealkylation sites (tertiary alicyclic amines) is 1. The molecule has 0 aromatic heterocycles. The van der Waals surface area contributed by atoms with Gasteiger partial charge in [0.25, 0.3) is 0 Å². The van der Waals surface area contributed by atoms with Crippen LogP contribution in [0.25, 0.3) is 0 Å². The summed E-state index contributed by atoms with van der Waals surface area (Å²) >= 11 is 0. The van der Waals surface area contributed by atoms with Gasteiger partial charge in [0.1, 0.15) is 0 Å². The summed E-state index contributed by atoms with van der Waals surface area (Å²) in [5.41, 5.74) is 1.52. The quantitative estimate of drug-likeness (QED) is 0.926. The molecule has 3 rings (SSSR count). The zero-order valence-corrected chi connectivity index (χ0v) is 12.1. The van der Waals surface area contributed by atoms with Crippen LogP contribution in [0.1, 0.15) is 41.6 Å². The highest BCUT2D eigenvalue weighted by atomic mass is 16.4. The molecule has 2 fully saturated rings. The molecule has 4 heteroatoms. The van der Waals surface area contributed by atoms with E-state index in [9.17, 15) is 9.59 Å². The molecule has 1 aliphatic heterocycles. The molecule has 2 aliphatic rings. The van der Waals surface area contributed by atoms with Crippen LogP contribution < -0.4 is 0 Å². The third kappa shape index (κ3) is 3.43. The molecule has 112 valence electrons. The Hall–Kier alpha value is -1.84. The number of rotatable bonds is 4. The Morgan fingerprint density at radius 3 is 2.19 bits per heavy atom. The molecule has 1 N–H and O–H groups in total. The molecule has 1 saturated carbocycles. The van der Waals surface area contributed by atoms with Crippen molar-refractivity contribution in [1.82, 2.24) is 4.90 Å². The summed E-state index contributed by atoms with van der Waals surface area (Å²) in [4.78, 5) is 24.9. The minimum absolute atomic E-state index is 0.324. The third-order valence-electron chi connectivity index (χ3n) is 4.58. The number of hydrogen-bond donors (Lipinski definition) is 1. The van der Waals surface area contributed by atoms with Gasteiger partial charge in [0, 0.05) is 19.0 Å². The van der Waals surface area contributed by atoms with E-state index in [0.29, 0.717) is 23.3 Å². The Balaban J connectivity index is 1.50. The molecule has 1 aliphatic carbocycles. The van der Waals surface area contributed by atoms with Crippen molar-refractivity contribution in [2.75, 3.05) is 13.1 Å². The summed E-state index contributed by atoms with van der Waals surface area (Å²) in [5, 5.41) is 8.89. The van der Waals surface area contributed by atoms with Gasteiger partial charge in [0.05, 0.1) is 5.56 Å². The lowest BCUT2D eigenvalue weighted by molar-refractivity contribution is -0.133. The van der Waals surface area contributed by atoms with Crippen molar-refractivity contribution in [3.05, 3.63) is 35.4 Å². The van der Waals surface area contributed by atoms with E-state index in [2.05, 4.69) is 0 Å². The summed E-state index contributed by atoms with van der Waals surface area (Å²) in [5.74, 6) is 0.404. The first-order valence-corrected chi connectivity index (χ1v) is 7.74. The zero-order chi connectivity index (χ0) is 14.8. The van der Waals surface area contributed by atoms with Crippen LogP contribution in [0.3, 0.4) is 0 Å². The Labute approximate surface area is 124 Å². The fourth-order valence-electron chi connectivity index (χ4n) is 3.06. The molecule has 0 bridgehead atoms. The van der Waals surface area contributed by atoms with E-state index in [4.69, 9.17) is 5.11 Å². The van der Waals surface area contributed by atoms with Crippen LogP contribution in [-0.4, -0.2) is 35.0 Å². The molecule has 1 saturated heterocycles. The smallest absolute Gasteiger partial charge is 0.335 e. The molecule has 21 heavy (non-hydrogen) atoms. The highest BCUT2D eigenvalue weighted by Gasteiger charge is 2.34. The molecule has 1 aromatic rings. The fourth-order valence-corrected chi connectivity index (χ4v) is 3.06. The number of nitrogens with zero attached hydrogens (tertiary/aromatic N) is 1. The Bertz CT molecular complexity index is 525. The topological polar surface area (TPSA) is 57.6 Å². The first kappa shape index (κ1) is 14.1. The Kier molecular flexibility index (Phi) is 3.95. The van der Waals surface area contributed by atoms with Gasteiger partial charge in [-0.25, -0.2) is 4.79 Å². The zero-order valence-electron chi connectivity index (χ0n) is 12.1. The minimum atomic E-state index is -0.881. The van der Waals surface area contributed by atoms with Crippen LogP contribution in [-0.2, 0) is 11.2 Å². The van der Waals surface area contributed by atoms with E-state index in [1.807, 2.05) is 17.0 Å². The van der Waals surface area contributed by atoms with Gasteiger partial charge in [-0.05, 0) is 55.7 Å². The average molecular weight is 287 g/mol. The summed E-state index contributed by atoms with van der Waals surface area (Å²) in [6.45, 7) is 1.76. The maximum atomic E-state index is 12.0.